The maximum Gasteiger partial charge on any atom is 0.270 e. The van der Waals surface area contributed by atoms with Crippen molar-refractivity contribution in [2.45, 2.75) is 11.8 Å². The van der Waals surface area contributed by atoms with Gasteiger partial charge in [-0.3, -0.25) is 14.2 Å². The van der Waals surface area contributed by atoms with E-state index in [0.29, 0.717) is 28.3 Å². The number of nitrogens with one attached hydrogen (secondary N) is 2. The number of ether oxygens (including phenoxy) is 3. The number of nitrogens with zero attached hydrogens (tertiary/aromatic N) is 3. The molecule has 4 N–H and O–H groups in total. The van der Waals surface area contributed by atoms with E-state index in [9.17, 15) is 13.2 Å². The number of rotatable bonds is 9. The van der Waals surface area contributed by atoms with Gasteiger partial charge < -0.3 is 29.8 Å². The summed E-state index contributed by atoms with van der Waals surface area (Å²) in [6.07, 6.45) is 0. The minimum absolute atomic E-state index is 0.0722. The van der Waals surface area contributed by atoms with Crippen LogP contribution in [0.4, 0.5) is 17.3 Å². The van der Waals surface area contributed by atoms with E-state index in [0.717, 1.165) is 0 Å². The number of benzene rings is 2. The first-order valence-corrected chi connectivity index (χ1v) is 11.9. The summed E-state index contributed by atoms with van der Waals surface area (Å²) < 4.78 is 51.7. The Balaban J connectivity index is 1.76. The summed E-state index contributed by atoms with van der Waals surface area (Å²) in [7, 11) is 1.60. The Bertz CT molecular complexity index is 1550. The fourth-order valence-electron chi connectivity index (χ4n) is 3.79. The van der Waals surface area contributed by atoms with Gasteiger partial charge in [0.2, 0.25) is 0 Å². The second kappa shape index (κ2) is 9.30. The van der Waals surface area contributed by atoms with Crippen molar-refractivity contribution >= 4 is 44.2 Å². The largest absolute Gasteiger partial charge is 0.495 e. The topological polar surface area (TPSA) is 173 Å². The van der Waals surface area contributed by atoms with E-state index in [-0.39, 0.29) is 33.4 Å². The lowest BCUT2D eigenvalue weighted by Gasteiger charge is -2.14. The fraction of sp³-hybridized carbons (Fsp3) is 0.227. The van der Waals surface area contributed by atoms with Crippen LogP contribution in [-0.2, 0) is 17.1 Å². The molecule has 2 aromatic carbocycles. The maximum absolute atomic E-state index is 13.3. The minimum Gasteiger partial charge on any atom is -0.495 e. The molecule has 0 bridgehead atoms. The Morgan fingerprint density at radius 1 is 1.08 bits per heavy atom. The zero-order valence-corrected chi connectivity index (χ0v) is 20.9. The molecule has 0 saturated heterocycles. The molecule has 13 nitrogen and oxygen atoms in total. The van der Waals surface area contributed by atoms with E-state index < -0.39 is 15.9 Å². The maximum atomic E-state index is 13.3. The van der Waals surface area contributed by atoms with E-state index in [1.54, 1.807) is 32.2 Å². The molecule has 0 spiro atoms. The van der Waals surface area contributed by atoms with Crippen LogP contribution < -0.4 is 30.0 Å². The van der Waals surface area contributed by atoms with Crippen LogP contribution in [0.5, 0.6) is 17.2 Å². The Morgan fingerprint density at radius 2 is 1.72 bits per heavy atom. The van der Waals surface area contributed by atoms with Crippen LogP contribution in [0.1, 0.15) is 16.1 Å². The summed E-state index contributed by atoms with van der Waals surface area (Å²) in [5.74, 6) is 0.130. The molecule has 4 rings (SSSR count). The summed E-state index contributed by atoms with van der Waals surface area (Å²) in [6, 6.07) is 7.70. The van der Waals surface area contributed by atoms with Gasteiger partial charge in [0.1, 0.15) is 28.6 Å². The smallest absolute Gasteiger partial charge is 0.270 e. The number of fused-ring (bicyclic) bond motifs is 1. The first kappa shape index (κ1) is 24.7. The monoisotopic (exact) mass is 516 g/mol. The highest BCUT2D eigenvalue weighted by atomic mass is 32.2. The number of aromatic nitrogens is 3. The first-order chi connectivity index (χ1) is 17.1. The normalized spacial score (nSPS) is 11.4. The Hall–Kier alpha value is -4.46. The second-order valence-corrected chi connectivity index (χ2v) is 9.22. The molecule has 0 aliphatic heterocycles. The molecule has 0 saturated carbocycles. The highest BCUT2D eigenvalue weighted by molar-refractivity contribution is 7.93. The van der Waals surface area contributed by atoms with Gasteiger partial charge in [0, 0.05) is 13.1 Å². The molecule has 36 heavy (non-hydrogen) atoms. The summed E-state index contributed by atoms with van der Waals surface area (Å²) in [6.45, 7) is 1.66. The molecule has 0 atom stereocenters. The quantitative estimate of drug-likeness (QED) is 0.300. The summed E-state index contributed by atoms with van der Waals surface area (Å²) in [5.41, 5.74) is 6.84. The van der Waals surface area contributed by atoms with Gasteiger partial charge in [-0.05, 0) is 25.1 Å². The summed E-state index contributed by atoms with van der Waals surface area (Å²) in [5, 5.41) is 11.5. The van der Waals surface area contributed by atoms with E-state index >= 15 is 0 Å². The van der Waals surface area contributed by atoms with Crippen molar-refractivity contribution < 1.29 is 31.9 Å². The molecule has 2 aromatic heterocycles. The molecule has 0 unspecified atom stereocenters. The van der Waals surface area contributed by atoms with E-state index in [1.807, 2.05) is 0 Å². The number of carbonyl (C=O) groups is 1. The van der Waals surface area contributed by atoms with Crippen molar-refractivity contribution in [3.8, 4) is 17.2 Å². The number of methoxy groups -OCH3 is 3. The van der Waals surface area contributed by atoms with Gasteiger partial charge >= 0.3 is 0 Å². The molecule has 0 fully saturated rings. The molecule has 2 heterocycles. The fourth-order valence-corrected chi connectivity index (χ4v) is 5.13. The second-order valence-electron chi connectivity index (χ2n) is 7.60. The molecule has 4 aromatic rings. The number of anilines is 3. The van der Waals surface area contributed by atoms with Crippen LogP contribution in [0.2, 0.25) is 0 Å². The molecular weight excluding hydrogens is 492 g/mol. The van der Waals surface area contributed by atoms with Gasteiger partial charge in [-0.1, -0.05) is 11.2 Å². The zero-order chi connectivity index (χ0) is 26.2. The standard InChI is InChI=1S/C22H24N6O7S/c1-11-18(20(23)29)22(28(2)25-11)24-13-10-16-12(9-17(13)34-5)21(26-35-16)27-36(30,31)19-14(32-3)7-6-8-15(19)33-4/h6-10,24H,1-5H3,(H2,23,29)(H,26,27). The summed E-state index contributed by atoms with van der Waals surface area (Å²) >= 11 is 0. The van der Waals surface area contributed by atoms with Gasteiger partial charge in [0.25, 0.3) is 15.9 Å². The Morgan fingerprint density at radius 3 is 2.31 bits per heavy atom. The van der Waals surface area contributed by atoms with E-state index in [4.69, 9.17) is 24.5 Å². The molecule has 14 heteroatoms. The van der Waals surface area contributed by atoms with Crippen molar-refractivity contribution in [2.24, 2.45) is 12.8 Å². The van der Waals surface area contributed by atoms with Crippen LogP contribution in [-0.4, -0.2) is 50.6 Å². The lowest BCUT2D eigenvalue weighted by Crippen LogP contribution is -2.15. The predicted molar refractivity (Wildman–Crippen MR) is 131 cm³/mol. The average molecular weight is 517 g/mol. The number of amides is 1. The Kier molecular flexibility index (Phi) is 6.37. The molecule has 0 aliphatic rings. The number of sulfonamides is 1. The van der Waals surface area contributed by atoms with Crippen LogP contribution >= 0.6 is 0 Å². The number of aryl methyl sites for hydroxylation is 2. The van der Waals surface area contributed by atoms with E-state index in [1.165, 1.54) is 38.1 Å². The highest BCUT2D eigenvalue weighted by Crippen LogP contribution is 2.39. The molecule has 190 valence electrons. The summed E-state index contributed by atoms with van der Waals surface area (Å²) in [4.78, 5) is 11.8. The minimum atomic E-state index is -4.20. The predicted octanol–water partition coefficient (Wildman–Crippen LogP) is 2.54. The highest BCUT2D eigenvalue weighted by Gasteiger charge is 2.27. The number of hydrogen-bond donors (Lipinski definition) is 3. The number of primary amides is 1. The van der Waals surface area contributed by atoms with Crippen molar-refractivity contribution in [3.05, 3.63) is 41.6 Å². The van der Waals surface area contributed by atoms with Crippen molar-refractivity contribution in [2.75, 3.05) is 31.4 Å². The van der Waals surface area contributed by atoms with E-state index in [2.05, 4.69) is 20.3 Å². The lowest BCUT2D eigenvalue weighted by atomic mass is 10.2. The van der Waals surface area contributed by atoms with Crippen LogP contribution in [0, 0.1) is 6.92 Å². The van der Waals surface area contributed by atoms with Crippen molar-refractivity contribution in [1.29, 1.82) is 0 Å². The third-order valence-electron chi connectivity index (χ3n) is 5.40. The van der Waals surface area contributed by atoms with Gasteiger partial charge in [-0.2, -0.15) is 5.10 Å². The zero-order valence-electron chi connectivity index (χ0n) is 20.1. The Labute approximate surface area is 206 Å². The third kappa shape index (κ3) is 4.22. The lowest BCUT2D eigenvalue weighted by molar-refractivity contribution is 0.100. The van der Waals surface area contributed by atoms with Crippen LogP contribution in [0.25, 0.3) is 11.0 Å². The van der Waals surface area contributed by atoms with Gasteiger partial charge in [-0.25, -0.2) is 8.42 Å². The molecule has 0 aliphatic carbocycles. The molecular formula is C22H24N6O7S. The number of carbonyl (C=O) groups excluding carboxylic acids is 1. The molecule has 0 radical (unpaired) electrons. The van der Waals surface area contributed by atoms with Crippen molar-refractivity contribution in [1.82, 2.24) is 14.9 Å². The van der Waals surface area contributed by atoms with Gasteiger partial charge in [-0.15, -0.1) is 0 Å². The van der Waals surface area contributed by atoms with Crippen LogP contribution in [0.15, 0.2) is 39.8 Å². The average Bonchev–Trinajstić information content (AvgIpc) is 3.35. The number of hydrogen-bond acceptors (Lipinski definition) is 10. The SMILES string of the molecule is COc1cc2c(NS(=O)(=O)c3c(OC)cccc3OC)noc2cc1Nc1c(C(N)=O)c(C)nn1C. The first-order valence-electron chi connectivity index (χ1n) is 10.4. The van der Waals surface area contributed by atoms with Gasteiger partial charge in [0.15, 0.2) is 16.3 Å². The molecule has 1 amide bonds. The van der Waals surface area contributed by atoms with Crippen molar-refractivity contribution in [3.63, 3.8) is 0 Å². The number of nitrogens with two attached hydrogens (primary N) is 1. The third-order valence-corrected chi connectivity index (χ3v) is 6.80. The van der Waals surface area contributed by atoms with Gasteiger partial charge in [0.05, 0.1) is 38.1 Å². The van der Waals surface area contributed by atoms with Crippen LogP contribution in [0.3, 0.4) is 0 Å².